The first-order chi connectivity index (χ1) is 17.0. The molecule has 1 heterocycles. The highest BCUT2D eigenvalue weighted by Crippen LogP contribution is 2.34. The molecule has 0 spiro atoms. The number of amides is 1. The van der Waals surface area contributed by atoms with Crippen LogP contribution in [0.15, 0.2) is 36.7 Å². The maximum absolute atomic E-state index is 14.2. The Bertz CT molecular complexity index is 1390. The lowest BCUT2D eigenvalue weighted by molar-refractivity contribution is -0.138. The van der Waals surface area contributed by atoms with E-state index in [9.17, 15) is 13.4 Å². The van der Waals surface area contributed by atoms with E-state index in [4.69, 9.17) is 4.74 Å². The molecule has 2 atom stereocenters. The topological polar surface area (TPSA) is 96.5 Å². The summed E-state index contributed by atoms with van der Waals surface area (Å²) in [7, 11) is -0.654. The van der Waals surface area contributed by atoms with Gasteiger partial charge in [-0.2, -0.15) is 0 Å². The number of halogens is 1. The number of aryl methyl sites for hydroxylation is 1. The number of anilines is 3. The number of nitrogens with one attached hydrogen (secondary N) is 2. The number of nitrogens with zero attached hydrogens (tertiary/aromatic N) is 3. The quantitative estimate of drug-likeness (QED) is 0.425. The third-order valence-corrected chi connectivity index (χ3v) is 7.00. The molecule has 1 amide bonds. The summed E-state index contributed by atoms with van der Waals surface area (Å²) >= 11 is 0. The average molecular weight is 514 g/mol. The molecule has 8 nitrogen and oxygen atoms in total. The van der Waals surface area contributed by atoms with Crippen LogP contribution >= 0.6 is 0 Å². The first kappa shape index (κ1) is 25.7. The fraction of sp³-hybridized carbons (Fsp3) is 0.385. The Morgan fingerprint density at radius 2 is 1.97 bits per heavy atom. The van der Waals surface area contributed by atoms with Gasteiger partial charge in [-0.1, -0.05) is 12.8 Å². The van der Waals surface area contributed by atoms with Crippen molar-refractivity contribution in [3.63, 3.8) is 0 Å². The van der Waals surface area contributed by atoms with E-state index >= 15 is 0 Å². The van der Waals surface area contributed by atoms with Crippen molar-refractivity contribution in [2.75, 3.05) is 23.3 Å². The van der Waals surface area contributed by atoms with Crippen molar-refractivity contribution in [3.05, 3.63) is 48.0 Å². The summed E-state index contributed by atoms with van der Waals surface area (Å²) in [5, 5.41) is 3.97. The smallest absolute Gasteiger partial charge is 0.263 e. The average Bonchev–Trinajstić information content (AvgIpc) is 3.33. The third kappa shape index (κ3) is 5.87. The molecule has 0 bridgehead atoms. The molecule has 0 radical (unpaired) electrons. The van der Waals surface area contributed by atoms with Gasteiger partial charge in [0.15, 0.2) is 6.10 Å². The van der Waals surface area contributed by atoms with Gasteiger partial charge >= 0.3 is 0 Å². The first-order valence-corrected chi connectivity index (χ1v) is 14.0. The maximum Gasteiger partial charge on any atom is 0.263 e. The zero-order valence-corrected chi connectivity index (χ0v) is 21.8. The van der Waals surface area contributed by atoms with Crippen LogP contribution in [0.25, 0.3) is 10.9 Å². The number of hydrogen-bond acceptors (Lipinski definition) is 6. The second-order valence-electron chi connectivity index (χ2n) is 9.43. The van der Waals surface area contributed by atoms with Gasteiger partial charge in [-0.3, -0.25) is 4.79 Å². The number of aromatic nitrogens is 2. The van der Waals surface area contributed by atoms with Crippen molar-refractivity contribution in [1.82, 2.24) is 14.9 Å². The van der Waals surface area contributed by atoms with Crippen LogP contribution in [0.4, 0.5) is 21.6 Å². The Morgan fingerprint density at radius 3 is 2.67 bits per heavy atom. The zero-order chi connectivity index (χ0) is 26.0. The summed E-state index contributed by atoms with van der Waals surface area (Å²) in [5.41, 5.74) is 2.57. The van der Waals surface area contributed by atoms with Crippen molar-refractivity contribution in [2.45, 2.75) is 51.7 Å². The van der Waals surface area contributed by atoms with Crippen LogP contribution in [0.3, 0.4) is 0 Å². The molecule has 1 aliphatic rings. The van der Waals surface area contributed by atoms with E-state index in [-0.39, 0.29) is 17.7 Å². The van der Waals surface area contributed by atoms with E-state index in [0.717, 1.165) is 36.6 Å². The van der Waals surface area contributed by atoms with E-state index < -0.39 is 21.6 Å². The van der Waals surface area contributed by atoms with Crippen molar-refractivity contribution < 1.29 is 18.1 Å². The van der Waals surface area contributed by atoms with Crippen molar-refractivity contribution in [1.29, 1.82) is 0 Å². The van der Waals surface area contributed by atoms with Crippen LogP contribution in [0.5, 0.6) is 5.75 Å². The van der Waals surface area contributed by atoms with Gasteiger partial charge in [0, 0.05) is 46.2 Å². The van der Waals surface area contributed by atoms with Crippen LogP contribution in [-0.2, 0) is 14.5 Å². The fourth-order valence-corrected chi connectivity index (χ4v) is 5.23. The van der Waals surface area contributed by atoms with E-state index in [1.807, 2.05) is 13.0 Å². The molecule has 1 aliphatic carbocycles. The molecule has 1 unspecified atom stereocenters. The number of hydrogen-bond donors (Lipinski definition) is 2. The lowest BCUT2D eigenvalue weighted by atomic mass is 10.1. The van der Waals surface area contributed by atoms with Gasteiger partial charge in [-0.05, 0) is 62.4 Å². The molecule has 1 aromatic heterocycles. The van der Waals surface area contributed by atoms with Crippen LogP contribution in [0.2, 0.25) is 0 Å². The first-order valence-electron chi connectivity index (χ1n) is 11.9. The van der Waals surface area contributed by atoms with Gasteiger partial charge in [0.1, 0.15) is 23.7 Å². The highest BCUT2D eigenvalue weighted by molar-refractivity contribution is 8.00. The summed E-state index contributed by atoms with van der Waals surface area (Å²) in [6.45, 7) is 3.57. The van der Waals surface area contributed by atoms with E-state index in [0.29, 0.717) is 22.7 Å². The van der Waals surface area contributed by atoms with Crippen LogP contribution in [-0.4, -0.2) is 56.3 Å². The molecule has 0 saturated heterocycles. The highest BCUT2D eigenvalue weighted by atomic mass is 32.2. The molecule has 1 saturated carbocycles. The van der Waals surface area contributed by atoms with Crippen LogP contribution in [0, 0.1) is 12.7 Å². The number of fused-ring (bicyclic) bond motifs is 1. The standard InChI is InChI=1S/C26H32FN5O3S/c1-16-12-19(31-36(4,5)34)14-22-24(16)25(29-15-28-22)30-21-11-10-18(27)13-23(21)35-17(2)26(33)32(3)20-8-6-7-9-20/h10-15,17,20H,4,6-9H2,1-3,5H3,(H,31,34)(H,28,29,30)/t17-,36?/m1/s1. The van der Waals surface area contributed by atoms with E-state index in [1.165, 1.54) is 24.7 Å². The number of ether oxygens (including phenoxy) is 1. The second-order valence-corrected chi connectivity index (χ2v) is 11.6. The molecule has 192 valence electrons. The molecule has 10 heteroatoms. The Hall–Kier alpha value is -3.40. The summed E-state index contributed by atoms with van der Waals surface area (Å²) in [5.74, 6) is 3.72. The third-order valence-electron chi connectivity index (χ3n) is 6.34. The number of likely N-dealkylation sites (N-methyl/N-ethyl adjacent to an activating group) is 1. The number of rotatable bonds is 8. The second kappa shape index (κ2) is 10.3. The Balaban J connectivity index is 1.62. The largest absolute Gasteiger partial charge is 0.479 e. The van der Waals surface area contributed by atoms with Crippen molar-refractivity contribution >= 4 is 49.6 Å². The summed E-state index contributed by atoms with van der Waals surface area (Å²) < 4.78 is 35.1. The highest BCUT2D eigenvalue weighted by Gasteiger charge is 2.28. The molecule has 0 aliphatic heterocycles. The van der Waals surface area contributed by atoms with Gasteiger partial charge < -0.3 is 19.7 Å². The van der Waals surface area contributed by atoms with Crippen LogP contribution < -0.4 is 14.8 Å². The number of benzene rings is 2. The minimum absolute atomic E-state index is 0.140. The van der Waals surface area contributed by atoms with E-state index in [2.05, 4.69) is 25.9 Å². The molecular weight excluding hydrogens is 481 g/mol. The van der Waals surface area contributed by atoms with Gasteiger partial charge in [-0.15, -0.1) is 0 Å². The lowest BCUT2D eigenvalue weighted by Crippen LogP contribution is -2.42. The Morgan fingerprint density at radius 1 is 1.25 bits per heavy atom. The predicted octanol–water partition coefficient (Wildman–Crippen LogP) is 4.66. The molecule has 1 fully saturated rings. The fourth-order valence-electron chi connectivity index (χ4n) is 4.62. The SMILES string of the molecule is C=S(C)(=O)Nc1cc(C)c2c(Nc3ccc(F)cc3O[C@H](C)C(=O)N(C)C3CCCC3)ncnc2c1. The normalized spacial score (nSPS) is 16.4. The minimum atomic E-state index is -2.45. The molecular formula is C26H32FN5O3S. The monoisotopic (exact) mass is 513 g/mol. The van der Waals surface area contributed by atoms with Gasteiger partial charge in [0.05, 0.1) is 11.2 Å². The van der Waals surface area contributed by atoms with E-state index in [1.54, 1.807) is 31.0 Å². The number of carbonyl (C=O) groups is 1. The molecule has 3 aromatic rings. The molecule has 36 heavy (non-hydrogen) atoms. The minimum Gasteiger partial charge on any atom is -0.479 e. The molecule has 2 N–H and O–H groups in total. The maximum atomic E-state index is 14.2. The molecule has 2 aromatic carbocycles. The molecule has 4 rings (SSSR count). The number of carbonyl (C=O) groups excluding carboxylic acids is 1. The van der Waals surface area contributed by atoms with Crippen molar-refractivity contribution in [2.24, 2.45) is 0 Å². The summed E-state index contributed by atoms with van der Waals surface area (Å²) in [6, 6.07) is 7.95. The Kier molecular flexibility index (Phi) is 7.35. The van der Waals surface area contributed by atoms with Gasteiger partial charge in [0.25, 0.3) is 5.91 Å². The van der Waals surface area contributed by atoms with Gasteiger partial charge in [-0.25, -0.2) is 18.6 Å². The predicted molar refractivity (Wildman–Crippen MR) is 144 cm³/mol. The lowest BCUT2D eigenvalue weighted by Gasteiger charge is -2.28. The summed E-state index contributed by atoms with van der Waals surface area (Å²) in [4.78, 5) is 23.5. The Labute approximate surface area is 211 Å². The summed E-state index contributed by atoms with van der Waals surface area (Å²) in [6.07, 6.45) is 6.35. The van der Waals surface area contributed by atoms with Crippen LogP contribution in [0.1, 0.15) is 38.2 Å². The zero-order valence-electron chi connectivity index (χ0n) is 21.0. The van der Waals surface area contributed by atoms with Crippen molar-refractivity contribution in [3.8, 4) is 5.75 Å². The van der Waals surface area contributed by atoms with Gasteiger partial charge in [0.2, 0.25) is 0 Å².